The second kappa shape index (κ2) is 7.45. The van der Waals surface area contributed by atoms with Gasteiger partial charge in [0.1, 0.15) is 10.7 Å². The van der Waals surface area contributed by atoms with Crippen LogP contribution in [0.1, 0.15) is 38.2 Å². The number of ketones is 1. The van der Waals surface area contributed by atoms with E-state index < -0.39 is 0 Å². The van der Waals surface area contributed by atoms with Crippen molar-refractivity contribution >= 4 is 39.7 Å². The molecule has 0 saturated carbocycles. The normalized spacial score (nSPS) is 10.4. The number of aryl methyl sites for hydroxylation is 2. The molecule has 0 radical (unpaired) electrons. The van der Waals surface area contributed by atoms with Crippen molar-refractivity contribution in [3.05, 3.63) is 64.3 Å². The minimum Gasteiger partial charge on any atom is -0.321 e. The minimum absolute atomic E-state index is 0.0489. The summed E-state index contributed by atoms with van der Waals surface area (Å²) in [6, 6.07) is 10.7. The van der Waals surface area contributed by atoms with Crippen molar-refractivity contribution in [3.8, 4) is 0 Å². The van der Waals surface area contributed by atoms with E-state index in [-0.39, 0.29) is 11.7 Å². The molecule has 2 heterocycles. The van der Waals surface area contributed by atoms with E-state index in [4.69, 9.17) is 0 Å². The molecule has 0 bridgehead atoms. The van der Waals surface area contributed by atoms with Crippen molar-refractivity contribution in [2.45, 2.75) is 20.8 Å². The van der Waals surface area contributed by atoms with Crippen molar-refractivity contribution in [1.29, 1.82) is 0 Å². The predicted octanol–water partition coefficient (Wildman–Crippen LogP) is 4.35. The summed E-state index contributed by atoms with van der Waals surface area (Å²) in [5, 5.41) is 6.54. The Kier molecular flexibility index (Phi) is 5.09. The molecule has 1 amide bonds. The van der Waals surface area contributed by atoms with Crippen molar-refractivity contribution in [2.24, 2.45) is 0 Å². The predicted molar refractivity (Wildman–Crippen MR) is 104 cm³/mol. The molecule has 6 nitrogen and oxygen atoms in total. The first-order chi connectivity index (χ1) is 12.4. The number of anilines is 3. The SMILES string of the molecule is CC(=O)c1cccc(NC(=O)c2sc(Nc3cc(C)ccn3)nc2C)c1. The Morgan fingerprint density at radius 1 is 1.12 bits per heavy atom. The number of hydrogen-bond acceptors (Lipinski definition) is 6. The van der Waals surface area contributed by atoms with E-state index in [1.165, 1.54) is 18.3 Å². The summed E-state index contributed by atoms with van der Waals surface area (Å²) in [7, 11) is 0. The summed E-state index contributed by atoms with van der Waals surface area (Å²) in [4.78, 5) is 33.2. The number of nitrogens with zero attached hydrogens (tertiary/aromatic N) is 2. The maximum atomic E-state index is 12.6. The van der Waals surface area contributed by atoms with Gasteiger partial charge >= 0.3 is 0 Å². The highest BCUT2D eigenvalue weighted by Crippen LogP contribution is 2.26. The van der Waals surface area contributed by atoms with Gasteiger partial charge in [-0.15, -0.1) is 0 Å². The summed E-state index contributed by atoms with van der Waals surface area (Å²) in [5.41, 5.74) is 2.84. The molecule has 0 atom stereocenters. The van der Waals surface area contributed by atoms with Crippen LogP contribution in [0.25, 0.3) is 0 Å². The number of aromatic nitrogens is 2. The topological polar surface area (TPSA) is 84.0 Å². The van der Waals surface area contributed by atoms with Crippen LogP contribution in [0.2, 0.25) is 0 Å². The number of thiazole rings is 1. The molecule has 0 aliphatic heterocycles. The quantitative estimate of drug-likeness (QED) is 0.656. The van der Waals surface area contributed by atoms with Gasteiger partial charge in [0.05, 0.1) is 5.69 Å². The number of pyridine rings is 1. The molecule has 26 heavy (non-hydrogen) atoms. The van der Waals surface area contributed by atoms with Crippen LogP contribution in [0.4, 0.5) is 16.6 Å². The molecule has 2 N–H and O–H groups in total. The van der Waals surface area contributed by atoms with Gasteiger partial charge in [-0.1, -0.05) is 23.5 Å². The number of hydrogen-bond donors (Lipinski definition) is 2. The number of benzene rings is 1. The van der Waals surface area contributed by atoms with Gasteiger partial charge in [0.2, 0.25) is 0 Å². The Hall–Kier alpha value is -3.06. The van der Waals surface area contributed by atoms with Crippen LogP contribution in [0.5, 0.6) is 0 Å². The first-order valence-corrected chi connectivity index (χ1v) is 8.83. The summed E-state index contributed by atoms with van der Waals surface area (Å²) in [5.74, 6) is 0.373. The number of rotatable bonds is 5. The van der Waals surface area contributed by atoms with E-state index in [1.807, 2.05) is 19.1 Å². The largest absolute Gasteiger partial charge is 0.321 e. The van der Waals surface area contributed by atoms with Gasteiger partial charge in [0.25, 0.3) is 5.91 Å². The Morgan fingerprint density at radius 3 is 2.65 bits per heavy atom. The summed E-state index contributed by atoms with van der Waals surface area (Å²) < 4.78 is 0. The highest BCUT2D eigenvalue weighted by Gasteiger charge is 2.16. The average molecular weight is 366 g/mol. The van der Waals surface area contributed by atoms with E-state index in [0.29, 0.717) is 32.8 Å². The maximum Gasteiger partial charge on any atom is 0.267 e. The molecule has 0 saturated heterocycles. The van der Waals surface area contributed by atoms with Gasteiger partial charge in [-0.25, -0.2) is 9.97 Å². The lowest BCUT2D eigenvalue weighted by atomic mass is 10.1. The Balaban J connectivity index is 1.77. The van der Waals surface area contributed by atoms with E-state index in [9.17, 15) is 9.59 Å². The highest BCUT2D eigenvalue weighted by atomic mass is 32.1. The van der Waals surface area contributed by atoms with Gasteiger partial charge < -0.3 is 10.6 Å². The van der Waals surface area contributed by atoms with Gasteiger partial charge in [-0.2, -0.15) is 0 Å². The monoisotopic (exact) mass is 366 g/mol. The third-order valence-corrected chi connectivity index (χ3v) is 4.75. The molecule has 0 aliphatic carbocycles. The second-order valence-corrected chi connectivity index (χ2v) is 6.87. The van der Waals surface area contributed by atoms with Crippen LogP contribution in [0.15, 0.2) is 42.6 Å². The lowest BCUT2D eigenvalue weighted by Gasteiger charge is -2.05. The van der Waals surface area contributed by atoms with E-state index >= 15 is 0 Å². The standard InChI is InChI=1S/C19H18N4O2S/c1-11-7-8-20-16(9-11)23-19-21-12(2)17(26-19)18(25)22-15-6-4-5-14(10-15)13(3)24/h4-10H,1-3H3,(H,22,25)(H,20,21,23). The molecule has 132 valence electrons. The number of nitrogens with one attached hydrogen (secondary N) is 2. The third-order valence-electron chi connectivity index (χ3n) is 3.68. The van der Waals surface area contributed by atoms with E-state index in [0.717, 1.165) is 5.56 Å². The summed E-state index contributed by atoms with van der Waals surface area (Å²) in [6.07, 6.45) is 1.72. The number of carbonyl (C=O) groups excluding carboxylic acids is 2. The van der Waals surface area contributed by atoms with Crippen molar-refractivity contribution in [3.63, 3.8) is 0 Å². The van der Waals surface area contributed by atoms with Gasteiger partial charge in [-0.05, 0) is 50.6 Å². The molecule has 0 unspecified atom stereocenters. The van der Waals surface area contributed by atoms with Crippen LogP contribution in [-0.4, -0.2) is 21.7 Å². The molecule has 7 heteroatoms. The van der Waals surface area contributed by atoms with Crippen LogP contribution in [0.3, 0.4) is 0 Å². The molecular weight excluding hydrogens is 348 g/mol. The van der Waals surface area contributed by atoms with Crippen molar-refractivity contribution in [1.82, 2.24) is 9.97 Å². The Labute approximate surface area is 155 Å². The van der Waals surface area contributed by atoms with Crippen LogP contribution in [0, 0.1) is 13.8 Å². The number of carbonyl (C=O) groups is 2. The molecule has 0 aliphatic rings. The maximum absolute atomic E-state index is 12.6. The van der Waals surface area contributed by atoms with E-state index in [1.54, 1.807) is 37.4 Å². The Bertz CT molecular complexity index is 981. The van der Waals surface area contributed by atoms with Gasteiger partial charge in [-0.3, -0.25) is 9.59 Å². The second-order valence-electron chi connectivity index (χ2n) is 5.87. The lowest BCUT2D eigenvalue weighted by Crippen LogP contribution is -2.11. The highest BCUT2D eigenvalue weighted by molar-refractivity contribution is 7.17. The smallest absolute Gasteiger partial charge is 0.267 e. The van der Waals surface area contributed by atoms with Gasteiger partial charge in [0.15, 0.2) is 10.9 Å². The molecule has 3 aromatic rings. The average Bonchev–Trinajstić information content (AvgIpc) is 2.95. The molecule has 1 aromatic carbocycles. The fourth-order valence-electron chi connectivity index (χ4n) is 2.38. The third kappa shape index (κ3) is 4.12. The summed E-state index contributed by atoms with van der Waals surface area (Å²) >= 11 is 1.26. The Morgan fingerprint density at radius 2 is 1.92 bits per heavy atom. The molecule has 2 aromatic heterocycles. The number of Topliss-reactive ketones (excluding diaryl/α,β-unsaturated/α-hetero) is 1. The van der Waals surface area contributed by atoms with Gasteiger partial charge in [0, 0.05) is 17.4 Å². The zero-order valence-electron chi connectivity index (χ0n) is 14.7. The zero-order chi connectivity index (χ0) is 18.7. The first-order valence-electron chi connectivity index (χ1n) is 8.02. The minimum atomic E-state index is -0.258. The lowest BCUT2D eigenvalue weighted by molar-refractivity contribution is 0.101. The van der Waals surface area contributed by atoms with Crippen molar-refractivity contribution in [2.75, 3.05) is 10.6 Å². The van der Waals surface area contributed by atoms with Crippen LogP contribution in [-0.2, 0) is 0 Å². The molecule has 0 fully saturated rings. The molecular formula is C19H18N4O2S. The fourth-order valence-corrected chi connectivity index (χ4v) is 3.25. The first kappa shape index (κ1) is 17.8. The fraction of sp³-hybridized carbons (Fsp3) is 0.158. The van der Waals surface area contributed by atoms with Crippen LogP contribution >= 0.6 is 11.3 Å². The molecule has 3 rings (SSSR count). The van der Waals surface area contributed by atoms with E-state index in [2.05, 4.69) is 20.6 Å². The van der Waals surface area contributed by atoms with Crippen molar-refractivity contribution < 1.29 is 9.59 Å². The zero-order valence-corrected chi connectivity index (χ0v) is 15.5. The summed E-state index contributed by atoms with van der Waals surface area (Å²) in [6.45, 7) is 5.26. The number of amides is 1. The van der Waals surface area contributed by atoms with Crippen LogP contribution < -0.4 is 10.6 Å². The molecule has 0 spiro atoms.